The minimum absolute atomic E-state index is 0.330. The molecule has 3 rings (SSSR count). The van der Waals surface area contributed by atoms with E-state index in [1.165, 1.54) is 0 Å². The van der Waals surface area contributed by atoms with Crippen molar-refractivity contribution < 1.29 is 9.59 Å². The summed E-state index contributed by atoms with van der Waals surface area (Å²) in [5.41, 5.74) is 2.23. The summed E-state index contributed by atoms with van der Waals surface area (Å²) in [6.45, 7) is 1.85. The van der Waals surface area contributed by atoms with Crippen LogP contribution in [0, 0.1) is 6.92 Å². The number of ketones is 2. The molecule has 0 unspecified atom stereocenters. The van der Waals surface area contributed by atoms with Crippen molar-refractivity contribution in [1.82, 2.24) is 0 Å². The Kier molecular flexibility index (Phi) is 2.58. The average Bonchev–Trinajstić information content (AvgIpc) is 2.63. The van der Waals surface area contributed by atoms with Crippen LogP contribution in [0.25, 0.3) is 0 Å². The lowest BCUT2D eigenvalue weighted by atomic mass is 9.90. The van der Waals surface area contributed by atoms with Gasteiger partial charge in [-0.25, -0.2) is 0 Å². The van der Waals surface area contributed by atoms with Gasteiger partial charge in [0.15, 0.2) is 16.4 Å². The van der Waals surface area contributed by atoms with Crippen molar-refractivity contribution in [2.24, 2.45) is 0 Å². The molecule has 0 bridgehead atoms. The molecular weight excluding hydrogens is 260 g/mol. The van der Waals surface area contributed by atoms with Crippen molar-refractivity contribution in [3.63, 3.8) is 0 Å². The van der Waals surface area contributed by atoms with Gasteiger partial charge in [0.1, 0.15) is 0 Å². The van der Waals surface area contributed by atoms with Gasteiger partial charge in [-0.1, -0.05) is 60.1 Å². The maximum absolute atomic E-state index is 12.5. The molecule has 2 aromatic rings. The molecule has 1 aliphatic carbocycles. The molecule has 0 atom stereocenters. The number of Topliss-reactive ketones (excluding diaryl/α,β-unsaturated/α-hetero) is 2. The highest BCUT2D eigenvalue weighted by Crippen LogP contribution is 2.43. The number of carbonyl (C=O) groups is 2. The number of benzene rings is 2. The van der Waals surface area contributed by atoms with Crippen molar-refractivity contribution >= 4 is 23.2 Å². The second kappa shape index (κ2) is 4.04. The monoisotopic (exact) mass is 270 g/mol. The third-order valence-electron chi connectivity index (χ3n) is 3.56. The van der Waals surface area contributed by atoms with E-state index in [1.54, 1.807) is 36.4 Å². The molecule has 0 N–H and O–H groups in total. The Morgan fingerprint density at radius 1 is 0.842 bits per heavy atom. The number of aryl methyl sites for hydroxylation is 1. The Balaban J connectivity index is 2.26. The lowest BCUT2D eigenvalue weighted by Crippen LogP contribution is -2.32. The number of fused-ring (bicyclic) bond motifs is 1. The largest absolute Gasteiger partial charge is 0.291 e. The van der Waals surface area contributed by atoms with Crippen LogP contribution in [0.4, 0.5) is 0 Å². The van der Waals surface area contributed by atoms with Crippen LogP contribution < -0.4 is 0 Å². The standard InChI is InChI=1S/C16H11ClO2/c1-10-6-2-5-9-13(10)16(17)14(18)11-7-3-4-8-12(11)15(16)19/h2-9H,1H3. The molecule has 0 spiro atoms. The van der Waals surface area contributed by atoms with Crippen LogP contribution in [0.3, 0.4) is 0 Å². The first-order valence-electron chi connectivity index (χ1n) is 6.00. The Morgan fingerprint density at radius 3 is 1.84 bits per heavy atom. The van der Waals surface area contributed by atoms with Gasteiger partial charge in [0.25, 0.3) is 0 Å². The summed E-state index contributed by atoms with van der Waals surface area (Å²) < 4.78 is 0. The maximum Gasteiger partial charge on any atom is 0.196 e. The highest BCUT2D eigenvalue weighted by Gasteiger charge is 2.53. The van der Waals surface area contributed by atoms with Crippen molar-refractivity contribution in [1.29, 1.82) is 0 Å². The first-order valence-corrected chi connectivity index (χ1v) is 6.38. The molecular formula is C16H11ClO2. The Bertz CT molecular complexity index is 668. The van der Waals surface area contributed by atoms with Crippen molar-refractivity contribution in [3.8, 4) is 0 Å². The topological polar surface area (TPSA) is 34.1 Å². The molecule has 3 heteroatoms. The van der Waals surface area contributed by atoms with Crippen LogP contribution in [0.2, 0.25) is 0 Å². The summed E-state index contributed by atoms with van der Waals surface area (Å²) >= 11 is 6.47. The zero-order valence-corrected chi connectivity index (χ0v) is 11.1. The van der Waals surface area contributed by atoms with Crippen LogP contribution in [0.5, 0.6) is 0 Å². The zero-order chi connectivity index (χ0) is 13.6. The molecule has 0 heterocycles. The van der Waals surface area contributed by atoms with E-state index < -0.39 is 4.87 Å². The number of alkyl halides is 1. The third-order valence-corrected chi connectivity index (χ3v) is 4.11. The number of carbonyl (C=O) groups excluding carboxylic acids is 2. The quantitative estimate of drug-likeness (QED) is 0.587. The molecule has 19 heavy (non-hydrogen) atoms. The van der Waals surface area contributed by atoms with Crippen LogP contribution in [0.15, 0.2) is 48.5 Å². The minimum atomic E-state index is -1.60. The molecule has 0 saturated carbocycles. The van der Waals surface area contributed by atoms with E-state index in [9.17, 15) is 9.59 Å². The van der Waals surface area contributed by atoms with E-state index in [1.807, 2.05) is 19.1 Å². The summed E-state index contributed by atoms with van der Waals surface area (Å²) in [4.78, 5) is 23.5. The second-order valence-corrected chi connectivity index (χ2v) is 5.24. The normalized spacial score (nSPS) is 16.5. The fraction of sp³-hybridized carbons (Fsp3) is 0.125. The maximum atomic E-state index is 12.5. The number of rotatable bonds is 1. The van der Waals surface area contributed by atoms with Crippen LogP contribution >= 0.6 is 11.6 Å². The van der Waals surface area contributed by atoms with Crippen LogP contribution in [-0.4, -0.2) is 11.6 Å². The molecule has 1 aliphatic rings. The SMILES string of the molecule is Cc1ccccc1C1(Cl)C(=O)c2ccccc2C1=O. The van der Waals surface area contributed by atoms with Gasteiger partial charge in [0, 0.05) is 11.1 Å². The van der Waals surface area contributed by atoms with Gasteiger partial charge in [-0.3, -0.25) is 9.59 Å². The molecule has 0 saturated heterocycles. The molecule has 94 valence electrons. The Hall–Kier alpha value is -1.93. The van der Waals surface area contributed by atoms with Gasteiger partial charge in [-0.2, -0.15) is 0 Å². The molecule has 2 nitrogen and oxygen atoms in total. The van der Waals surface area contributed by atoms with Gasteiger partial charge in [-0.15, -0.1) is 0 Å². The fourth-order valence-corrected chi connectivity index (χ4v) is 2.97. The van der Waals surface area contributed by atoms with Crippen LogP contribution in [-0.2, 0) is 4.87 Å². The first kappa shape index (κ1) is 12.1. The van der Waals surface area contributed by atoms with Gasteiger partial charge < -0.3 is 0 Å². The van der Waals surface area contributed by atoms with Gasteiger partial charge in [0.2, 0.25) is 0 Å². The predicted molar refractivity (Wildman–Crippen MR) is 73.8 cm³/mol. The van der Waals surface area contributed by atoms with E-state index in [-0.39, 0.29) is 11.6 Å². The predicted octanol–water partition coefficient (Wildman–Crippen LogP) is 3.51. The first-order chi connectivity index (χ1) is 9.06. The minimum Gasteiger partial charge on any atom is -0.291 e. The van der Waals surface area contributed by atoms with E-state index in [0.717, 1.165) is 5.56 Å². The van der Waals surface area contributed by atoms with E-state index in [0.29, 0.717) is 16.7 Å². The van der Waals surface area contributed by atoms with Crippen LogP contribution in [0.1, 0.15) is 31.8 Å². The fourth-order valence-electron chi connectivity index (χ4n) is 2.56. The molecule has 0 aromatic heterocycles. The lowest BCUT2D eigenvalue weighted by Gasteiger charge is -2.20. The second-order valence-electron chi connectivity index (χ2n) is 4.68. The molecule has 0 fully saturated rings. The smallest absolute Gasteiger partial charge is 0.196 e. The summed E-state index contributed by atoms with van der Waals surface area (Å²) in [6, 6.07) is 14.0. The number of halogens is 1. The third kappa shape index (κ3) is 1.50. The molecule has 0 radical (unpaired) electrons. The average molecular weight is 271 g/mol. The highest BCUT2D eigenvalue weighted by molar-refractivity contribution is 6.54. The summed E-state index contributed by atoms with van der Waals surface area (Å²) in [6.07, 6.45) is 0. The Labute approximate surface area is 116 Å². The highest BCUT2D eigenvalue weighted by atomic mass is 35.5. The summed E-state index contributed by atoms with van der Waals surface area (Å²) in [5.74, 6) is -0.659. The van der Waals surface area contributed by atoms with E-state index >= 15 is 0 Å². The van der Waals surface area contributed by atoms with Crippen molar-refractivity contribution in [2.75, 3.05) is 0 Å². The summed E-state index contributed by atoms with van der Waals surface area (Å²) in [5, 5.41) is 0. The lowest BCUT2D eigenvalue weighted by molar-refractivity contribution is 0.0860. The van der Waals surface area contributed by atoms with E-state index in [2.05, 4.69) is 0 Å². The van der Waals surface area contributed by atoms with Crippen molar-refractivity contribution in [2.45, 2.75) is 11.8 Å². The van der Waals surface area contributed by atoms with Gasteiger partial charge in [0.05, 0.1) is 0 Å². The molecule has 0 aliphatic heterocycles. The van der Waals surface area contributed by atoms with E-state index in [4.69, 9.17) is 11.6 Å². The zero-order valence-electron chi connectivity index (χ0n) is 10.3. The number of hydrogen-bond acceptors (Lipinski definition) is 2. The van der Waals surface area contributed by atoms with Gasteiger partial charge >= 0.3 is 0 Å². The van der Waals surface area contributed by atoms with Crippen molar-refractivity contribution in [3.05, 3.63) is 70.8 Å². The molecule has 0 amide bonds. The molecule has 2 aromatic carbocycles. The summed E-state index contributed by atoms with van der Waals surface area (Å²) in [7, 11) is 0. The Morgan fingerprint density at radius 2 is 1.32 bits per heavy atom. The van der Waals surface area contributed by atoms with Gasteiger partial charge in [-0.05, 0) is 18.1 Å². The number of hydrogen-bond donors (Lipinski definition) is 0.